The van der Waals surface area contributed by atoms with Crippen LogP contribution in [0.2, 0.25) is 0 Å². The van der Waals surface area contributed by atoms with E-state index in [1.165, 1.54) is 23.8 Å². The van der Waals surface area contributed by atoms with Gasteiger partial charge in [0, 0.05) is 28.5 Å². The van der Waals surface area contributed by atoms with Gasteiger partial charge in [-0.15, -0.1) is 13.2 Å². The van der Waals surface area contributed by atoms with Gasteiger partial charge in [0.15, 0.2) is 0 Å². The highest BCUT2D eigenvalue weighted by molar-refractivity contribution is 6.05. The molecule has 3 rings (SSSR count). The maximum atomic E-state index is 13.4. The van der Waals surface area contributed by atoms with Gasteiger partial charge in [0.05, 0.1) is 12.6 Å². The van der Waals surface area contributed by atoms with E-state index in [4.69, 9.17) is 4.74 Å². The number of benzene rings is 2. The van der Waals surface area contributed by atoms with Gasteiger partial charge in [-0.05, 0) is 60.9 Å². The topological polar surface area (TPSA) is 80.6 Å². The summed E-state index contributed by atoms with van der Waals surface area (Å²) in [6.07, 6.45) is -4.27. The molecule has 1 heterocycles. The summed E-state index contributed by atoms with van der Waals surface area (Å²) in [6.45, 7) is 5.30. The number of carbonyl (C=O) groups excluding carboxylic acids is 2. The van der Waals surface area contributed by atoms with Crippen LogP contribution in [0.3, 0.4) is 0 Å². The Kier molecular flexibility index (Phi) is 6.71. The minimum atomic E-state index is -4.84. The number of fused-ring (bicyclic) bond motifs is 1. The van der Waals surface area contributed by atoms with Gasteiger partial charge in [0.1, 0.15) is 11.5 Å². The molecule has 3 aromatic rings. The van der Waals surface area contributed by atoms with Crippen molar-refractivity contribution in [3.8, 4) is 11.5 Å². The van der Waals surface area contributed by atoms with Gasteiger partial charge >= 0.3 is 6.36 Å². The van der Waals surface area contributed by atoms with E-state index < -0.39 is 29.9 Å². The van der Waals surface area contributed by atoms with Gasteiger partial charge in [0.25, 0.3) is 5.91 Å². The molecule has 6 nitrogen and oxygen atoms in total. The summed E-state index contributed by atoms with van der Waals surface area (Å²) in [6, 6.07) is 9.51. The second-order valence-electron chi connectivity index (χ2n) is 7.78. The van der Waals surface area contributed by atoms with E-state index in [0.29, 0.717) is 34.3 Å². The molecular weight excluding hydrogens is 439 g/mol. The average molecular weight is 462 g/mol. The highest BCUT2D eigenvalue weighted by Crippen LogP contribution is 2.38. The zero-order valence-electron chi connectivity index (χ0n) is 18.5. The Bertz CT molecular complexity index is 1180. The van der Waals surface area contributed by atoms with E-state index in [0.717, 1.165) is 12.1 Å². The van der Waals surface area contributed by atoms with Gasteiger partial charge < -0.3 is 19.4 Å². The summed E-state index contributed by atoms with van der Waals surface area (Å²) in [4.78, 5) is 25.5. The van der Waals surface area contributed by atoms with Crippen LogP contribution >= 0.6 is 0 Å². The number of halogens is 3. The van der Waals surface area contributed by atoms with Crippen LogP contribution in [-0.2, 0) is 4.79 Å². The third-order valence-corrected chi connectivity index (χ3v) is 5.78. The Hall–Kier alpha value is -3.49. The van der Waals surface area contributed by atoms with Crippen LogP contribution in [0.5, 0.6) is 11.5 Å². The van der Waals surface area contributed by atoms with E-state index >= 15 is 0 Å². The summed E-state index contributed by atoms with van der Waals surface area (Å²) in [7, 11) is 1.48. The largest absolute Gasteiger partial charge is 0.573 e. The molecule has 33 heavy (non-hydrogen) atoms. The Labute approximate surface area is 188 Å². The van der Waals surface area contributed by atoms with Crippen molar-refractivity contribution in [2.45, 2.75) is 39.5 Å². The fraction of sp³-hybridized carbons (Fsp3) is 0.333. The van der Waals surface area contributed by atoms with Crippen molar-refractivity contribution < 1.29 is 37.3 Å². The maximum Gasteiger partial charge on any atom is 0.573 e. The van der Waals surface area contributed by atoms with Gasteiger partial charge in [-0.2, -0.15) is 0 Å². The number of aromatic nitrogens is 1. The number of rotatable bonds is 7. The number of ether oxygens (including phenoxy) is 2. The van der Waals surface area contributed by atoms with Crippen molar-refractivity contribution in [3.05, 3.63) is 59.3 Å². The van der Waals surface area contributed by atoms with Crippen molar-refractivity contribution in [1.82, 2.24) is 4.57 Å². The van der Waals surface area contributed by atoms with Crippen LogP contribution in [0, 0.1) is 12.8 Å². The first-order valence-electron chi connectivity index (χ1n) is 10.3. The second kappa shape index (κ2) is 9.17. The number of methoxy groups -OCH3 is 1. The zero-order valence-corrected chi connectivity index (χ0v) is 18.5. The second-order valence-corrected chi connectivity index (χ2v) is 7.78. The molecule has 0 N–H and O–H groups in total. The number of aliphatic carboxylic acids is 1. The molecule has 2 aromatic carbocycles. The summed E-state index contributed by atoms with van der Waals surface area (Å²) >= 11 is 0. The SMILES string of the molecule is CCC(C)[C@H](C(=O)[O-])c1c(C)n(C(=O)c2ccc(OC(F)(F)F)cc2)c2ccc(OC)cc12. The third-order valence-electron chi connectivity index (χ3n) is 5.78. The van der Waals surface area contributed by atoms with Crippen molar-refractivity contribution in [3.63, 3.8) is 0 Å². The molecule has 0 saturated carbocycles. The predicted octanol–water partition coefficient (Wildman–Crippen LogP) is 4.43. The summed E-state index contributed by atoms with van der Waals surface area (Å²) < 4.78 is 47.8. The minimum absolute atomic E-state index is 0.112. The van der Waals surface area contributed by atoms with E-state index in [1.807, 2.05) is 6.92 Å². The molecule has 0 amide bonds. The van der Waals surface area contributed by atoms with Crippen molar-refractivity contribution in [2.75, 3.05) is 7.11 Å². The lowest BCUT2D eigenvalue weighted by molar-refractivity contribution is -0.309. The van der Waals surface area contributed by atoms with E-state index in [9.17, 15) is 27.9 Å². The van der Waals surface area contributed by atoms with Crippen LogP contribution in [-0.4, -0.2) is 29.9 Å². The lowest BCUT2D eigenvalue weighted by atomic mass is 9.84. The van der Waals surface area contributed by atoms with Gasteiger partial charge in [0.2, 0.25) is 0 Å². The molecule has 0 saturated heterocycles. The fourth-order valence-corrected chi connectivity index (χ4v) is 4.00. The van der Waals surface area contributed by atoms with Crippen LogP contribution in [0.15, 0.2) is 42.5 Å². The molecule has 0 aliphatic heterocycles. The molecule has 0 spiro atoms. The highest BCUT2D eigenvalue weighted by Gasteiger charge is 2.32. The molecule has 0 aliphatic rings. The van der Waals surface area contributed by atoms with Crippen molar-refractivity contribution in [2.24, 2.45) is 5.92 Å². The number of carboxylic acid groups (broad SMARTS) is 1. The Balaban J connectivity index is 2.18. The quantitative estimate of drug-likeness (QED) is 0.519. The molecule has 176 valence electrons. The smallest absolute Gasteiger partial charge is 0.549 e. The molecule has 9 heteroatoms. The normalized spacial score (nSPS) is 13.5. The van der Waals surface area contributed by atoms with Crippen LogP contribution in [0.4, 0.5) is 13.2 Å². The summed E-state index contributed by atoms with van der Waals surface area (Å²) in [5.74, 6) is -2.98. The standard InChI is InChI=1S/C24H24F3NO5/c1-5-13(2)20(23(30)31)21-14(3)28(19-11-10-17(32-4)12-18(19)21)22(29)15-6-8-16(9-7-15)33-24(25,26)27/h6-13,20H,5H2,1-4H3,(H,30,31)/p-1/t13?,20-/m0/s1. The minimum Gasteiger partial charge on any atom is -0.549 e. The number of carbonyl (C=O) groups is 2. The molecule has 1 aromatic heterocycles. The Morgan fingerprint density at radius 1 is 1.09 bits per heavy atom. The number of carboxylic acids is 1. The summed E-state index contributed by atoms with van der Waals surface area (Å²) in [5.41, 5.74) is 1.43. The van der Waals surface area contributed by atoms with Crippen molar-refractivity contribution in [1.29, 1.82) is 0 Å². The number of alkyl halides is 3. The molecule has 2 atom stereocenters. The van der Waals surface area contributed by atoms with E-state index in [1.54, 1.807) is 32.0 Å². The van der Waals surface area contributed by atoms with E-state index in [-0.39, 0.29) is 11.5 Å². The predicted molar refractivity (Wildman–Crippen MR) is 113 cm³/mol. The first kappa shape index (κ1) is 24.2. The summed E-state index contributed by atoms with van der Waals surface area (Å²) in [5, 5.41) is 12.6. The lowest BCUT2D eigenvalue weighted by Crippen LogP contribution is -2.33. The molecule has 0 radical (unpaired) electrons. The maximum absolute atomic E-state index is 13.4. The molecular formula is C24H23F3NO5-. The fourth-order valence-electron chi connectivity index (χ4n) is 4.00. The number of hydrogen-bond acceptors (Lipinski definition) is 5. The average Bonchev–Trinajstić information content (AvgIpc) is 3.03. The highest BCUT2D eigenvalue weighted by atomic mass is 19.4. The Morgan fingerprint density at radius 3 is 2.21 bits per heavy atom. The third kappa shape index (κ3) is 4.81. The van der Waals surface area contributed by atoms with Gasteiger partial charge in [-0.25, -0.2) is 0 Å². The van der Waals surface area contributed by atoms with Gasteiger partial charge in [-0.1, -0.05) is 20.3 Å². The van der Waals surface area contributed by atoms with Crippen molar-refractivity contribution >= 4 is 22.8 Å². The molecule has 0 bridgehead atoms. The molecule has 0 fully saturated rings. The number of hydrogen-bond donors (Lipinski definition) is 0. The lowest BCUT2D eigenvalue weighted by Gasteiger charge is -2.25. The van der Waals surface area contributed by atoms with Crippen LogP contribution in [0.1, 0.15) is 47.8 Å². The van der Waals surface area contributed by atoms with Crippen LogP contribution < -0.4 is 14.6 Å². The monoisotopic (exact) mass is 462 g/mol. The first-order chi connectivity index (χ1) is 15.5. The molecule has 1 unspecified atom stereocenters. The first-order valence-corrected chi connectivity index (χ1v) is 10.3. The van der Waals surface area contributed by atoms with Crippen LogP contribution in [0.25, 0.3) is 10.9 Å². The molecule has 0 aliphatic carbocycles. The number of nitrogens with zero attached hydrogens (tertiary/aromatic N) is 1. The van der Waals surface area contributed by atoms with E-state index in [2.05, 4.69) is 4.74 Å². The zero-order chi connectivity index (χ0) is 24.5. The van der Waals surface area contributed by atoms with Gasteiger partial charge in [-0.3, -0.25) is 9.36 Å². The Morgan fingerprint density at radius 2 is 1.70 bits per heavy atom.